The van der Waals surface area contributed by atoms with Crippen molar-refractivity contribution in [1.82, 2.24) is 0 Å². The van der Waals surface area contributed by atoms with Crippen LogP contribution in [0.25, 0.3) is 0 Å². The largest absolute Gasteiger partial charge is 0.454 e. The van der Waals surface area contributed by atoms with Crippen molar-refractivity contribution in [2.75, 3.05) is 14.2 Å². The zero-order valence-electron chi connectivity index (χ0n) is 25.5. The van der Waals surface area contributed by atoms with Crippen molar-refractivity contribution >= 4 is 27.6 Å². The number of hydrogen-bond donors (Lipinski definition) is 0. The molecule has 10 heteroatoms. The Morgan fingerprint density at radius 3 is 1.70 bits per heavy atom. The van der Waals surface area contributed by atoms with E-state index in [9.17, 15) is 0 Å². The standard InChI is InChI=1S/C11H19BO2.C9H19BO2.C3H9BO2.C2H4O.2CH4/c1-10(2)7-5-8(10)11(3)9(6-7)13-12(4)14-11;1-6(2)8-9(7(3)4)12-10(5)11-8;1-4(5-2)6-3;1-2-3;;/h7-9H,5-6H2,1-4H3;6-9H,1-5H3;1-3H3;2H,1H3;2*1H4/i;;;2T;;. The second kappa shape index (κ2) is 16.7. The lowest BCUT2D eigenvalue weighted by Crippen LogP contribution is -2.65. The van der Waals surface area contributed by atoms with Crippen LogP contribution in [0.2, 0.25) is 20.5 Å². The molecule has 2 bridgehead atoms. The van der Waals surface area contributed by atoms with Crippen LogP contribution in [0.15, 0.2) is 0 Å². The van der Waals surface area contributed by atoms with Crippen LogP contribution in [-0.2, 0) is 32.7 Å². The van der Waals surface area contributed by atoms with Crippen molar-refractivity contribution in [3.05, 3.63) is 0 Å². The molecule has 5 aliphatic rings. The first-order valence-corrected chi connectivity index (χ1v) is 13.2. The zero-order valence-corrected chi connectivity index (χ0v) is 24.5. The molecule has 0 spiro atoms. The summed E-state index contributed by atoms with van der Waals surface area (Å²) in [4.78, 5) is 9.11. The van der Waals surface area contributed by atoms with Gasteiger partial charge in [-0.2, -0.15) is 0 Å². The fraction of sp³-hybridized carbons (Fsp3) is 0.963. The normalized spacial score (nSPS) is 32.5. The average molecular weight is 530 g/mol. The highest BCUT2D eigenvalue weighted by atomic mass is 16.7. The Balaban J connectivity index is 0. The highest BCUT2D eigenvalue weighted by molar-refractivity contribution is 6.43. The monoisotopic (exact) mass is 530 g/mol. The van der Waals surface area contributed by atoms with Gasteiger partial charge in [0.2, 0.25) is 0 Å². The van der Waals surface area contributed by atoms with Crippen molar-refractivity contribution in [1.29, 1.82) is 0 Å². The first-order chi connectivity index (χ1) is 16.5. The average Bonchev–Trinajstić information content (AvgIpc) is 3.31. The first kappa shape index (κ1) is 36.6. The van der Waals surface area contributed by atoms with Gasteiger partial charge in [0, 0.05) is 14.2 Å². The summed E-state index contributed by atoms with van der Waals surface area (Å²) in [5.41, 5.74) is 0.469. The van der Waals surface area contributed by atoms with E-state index in [1.165, 1.54) is 19.8 Å². The lowest BCUT2D eigenvalue weighted by molar-refractivity contribution is -0.199. The summed E-state index contributed by atoms with van der Waals surface area (Å²) in [6.45, 7) is 22.8. The molecule has 7 nitrogen and oxygen atoms in total. The molecule has 3 aliphatic carbocycles. The van der Waals surface area contributed by atoms with Crippen molar-refractivity contribution in [3.8, 4) is 0 Å². The predicted octanol–water partition coefficient (Wildman–Crippen LogP) is 6.42. The Morgan fingerprint density at radius 2 is 1.38 bits per heavy atom. The minimum atomic E-state index is -0.583. The summed E-state index contributed by atoms with van der Waals surface area (Å²) >= 11 is 0. The Hall–Kier alpha value is -0.375. The maximum atomic E-state index is 9.11. The fourth-order valence-electron chi connectivity index (χ4n) is 5.87. The van der Waals surface area contributed by atoms with Gasteiger partial charge in [-0.3, -0.25) is 0 Å². The summed E-state index contributed by atoms with van der Waals surface area (Å²) in [5, 5.41) is 0. The van der Waals surface area contributed by atoms with E-state index < -0.39 is 6.26 Å². The second-order valence-corrected chi connectivity index (χ2v) is 11.5. The van der Waals surface area contributed by atoms with Crippen LogP contribution in [0, 0.1) is 29.1 Å². The molecule has 6 atom stereocenters. The quantitative estimate of drug-likeness (QED) is 0.307. The molecule has 6 unspecified atom stereocenters. The van der Waals surface area contributed by atoms with E-state index in [1.807, 2.05) is 20.5 Å². The van der Waals surface area contributed by atoms with E-state index in [1.54, 1.807) is 14.2 Å². The lowest BCUT2D eigenvalue weighted by Gasteiger charge is -2.64. The van der Waals surface area contributed by atoms with E-state index in [2.05, 4.69) is 57.8 Å². The number of carbonyl (C=O) groups is 1. The smallest absolute Gasteiger partial charge is 0.414 e. The summed E-state index contributed by atoms with van der Waals surface area (Å²) in [6, 6.07) is 0. The molecule has 2 saturated heterocycles. The Labute approximate surface area is 232 Å². The number of aldehydes is 1. The first-order valence-electron chi connectivity index (χ1n) is 13.7. The summed E-state index contributed by atoms with van der Waals surface area (Å²) < 4.78 is 38.5. The highest BCUT2D eigenvalue weighted by Gasteiger charge is 2.67. The number of rotatable bonds is 4. The van der Waals surface area contributed by atoms with Crippen LogP contribution >= 0.6 is 0 Å². The van der Waals surface area contributed by atoms with E-state index in [0.29, 0.717) is 29.3 Å². The minimum absolute atomic E-state index is 0. The third kappa shape index (κ3) is 9.64. The van der Waals surface area contributed by atoms with Gasteiger partial charge >= 0.3 is 21.4 Å². The van der Waals surface area contributed by atoms with Gasteiger partial charge < -0.3 is 32.7 Å². The molecule has 0 aromatic carbocycles. The second-order valence-electron chi connectivity index (χ2n) is 11.5. The van der Waals surface area contributed by atoms with Crippen molar-refractivity contribution < 1.29 is 34.1 Å². The predicted molar refractivity (Wildman–Crippen MR) is 158 cm³/mol. The van der Waals surface area contributed by atoms with Gasteiger partial charge in [-0.15, -0.1) is 0 Å². The molecule has 0 amide bonds. The molecule has 0 N–H and O–H groups in total. The fourth-order valence-corrected chi connectivity index (χ4v) is 5.87. The number of hydrogen-bond acceptors (Lipinski definition) is 7. The molecule has 218 valence electrons. The minimum Gasteiger partial charge on any atom is -0.414 e. The molecular formula is C27H59B3O7. The van der Waals surface area contributed by atoms with Crippen LogP contribution in [0.4, 0.5) is 0 Å². The Morgan fingerprint density at radius 1 is 0.946 bits per heavy atom. The maximum absolute atomic E-state index is 9.11. The number of carbonyl (C=O) groups excluding carboxylic acids is 1. The molecule has 5 rings (SSSR count). The third-order valence-corrected chi connectivity index (χ3v) is 8.08. The molecule has 0 aromatic heterocycles. The van der Waals surface area contributed by atoms with Crippen LogP contribution in [0.5, 0.6) is 0 Å². The van der Waals surface area contributed by atoms with E-state index >= 15 is 0 Å². The van der Waals surface area contributed by atoms with E-state index in [-0.39, 0.29) is 54.0 Å². The molecular weight excluding hydrogens is 469 g/mol. The molecule has 0 aromatic rings. The van der Waals surface area contributed by atoms with Gasteiger partial charge in [0.05, 0.1) is 23.9 Å². The van der Waals surface area contributed by atoms with Crippen LogP contribution in [-0.4, -0.2) is 65.7 Å². The Kier molecular flexibility index (Phi) is 16.5. The Bertz CT molecular complexity index is 661. The van der Waals surface area contributed by atoms with Gasteiger partial charge in [0.15, 0.2) is 0 Å². The van der Waals surface area contributed by atoms with Crippen molar-refractivity contribution in [2.24, 2.45) is 29.1 Å². The van der Waals surface area contributed by atoms with Gasteiger partial charge in [-0.1, -0.05) is 56.4 Å². The zero-order chi connectivity index (χ0) is 28.0. The maximum Gasteiger partial charge on any atom is 0.454 e. The summed E-state index contributed by atoms with van der Waals surface area (Å²) in [7, 11) is 3.12. The molecule has 2 aliphatic heterocycles. The summed E-state index contributed by atoms with van der Waals surface area (Å²) in [6.07, 6.45) is 2.87. The van der Waals surface area contributed by atoms with Crippen LogP contribution < -0.4 is 0 Å². The molecule has 3 saturated carbocycles. The third-order valence-electron chi connectivity index (χ3n) is 8.08. The van der Waals surface area contributed by atoms with Gasteiger partial charge in [-0.25, -0.2) is 0 Å². The highest BCUT2D eigenvalue weighted by Crippen LogP contribution is 2.65. The lowest BCUT2D eigenvalue weighted by atomic mass is 9.43. The van der Waals surface area contributed by atoms with Crippen molar-refractivity contribution in [2.45, 2.75) is 127 Å². The summed E-state index contributed by atoms with van der Waals surface area (Å²) in [5.74, 6) is 2.65. The van der Waals surface area contributed by atoms with Gasteiger partial charge in [0.1, 0.15) is 7.63 Å². The molecule has 0 radical (unpaired) electrons. The molecule has 2 heterocycles. The van der Waals surface area contributed by atoms with Crippen LogP contribution in [0.1, 0.15) is 84.5 Å². The van der Waals surface area contributed by atoms with Crippen molar-refractivity contribution in [3.63, 3.8) is 0 Å². The van der Waals surface area contributed by atoms with E-state index in [0.717, 1.165) is 5.92 Å². The van der Waals surface area contributed by atoms with Gasteiger partial charge in [0.25, 0.3) is 0 Å². The SMILES string of the molecule is C.C.CB1OC(C(C)C)C(C(C)C)O1.CB1OC2CC3CC(C3(C)C)C2(C)O1.COB(C)OC.[3H]C(C)=O. The van der Waals surface area contributed by atoms with Crippen LogP contribution in [0.3, 0.4) is 0 Å². The molecule has 5 fully saturated rings. The topological polar surface area (TPSA) is 72.5 Å². The molecule has 37 heavy (non-hydrogen) atoms. The van der Waals surface area contributed by atoms with E-state index in [4.69, 9.17) is 24.8 Å². The van der Waals surface area contributed by atoms with Gasteiger partial charge in [-0.05, 0) is 76.2 Å².